The van der Waals surface area contributed by atoms with Gasteiger partial charge in [0.05, 0.1) is 35.2 Å². The van der Waals surface area contributed by atoms with Crippen LogP contribution in [0.25, 0.3) is 0 Å². The molecule has 1 aliphatic rings. The molecule has 3 rings (SSSR count). The van der Waals surface area contributed by atoms with E-state index >= 15 is 0 Å². The van der Waals surface area contributed by atoms with Crippen molar-refractivity contribution in [1.82, 2.24) is 4.31 Å². The van der Waals surface area contributed by atoms with Crippen molar-refractivity contribution in [3.05, 3.63) is 89.8 Å². The number of sulfonamides is 1. The molecular formula is C23H23NO6S. The van der Waals surface area contributed by atoms with Crippen LogP contribution in [0.15, 0.2) is 89.1 Å². The first-order chi connectivity index (χ1) is 14.9. The first-order valence-electron chi connectivity index (χ1n) is 9.81. The summed E-state index contributed by atoms with van der Waals surface area (Å²) in [6.07, 6.45) is 2.42. The smallest absolute Gasteiger partial charge is 0.336 e. The molecule has 0 radical (unpaired) electrons. The first kappa shape index (κ1) is 22.3. The van der Waals surface area contributed by atoms with Crippen LogP contribution in [-0.2, 0) is 29.1 Å². The van der Waals surface area contributed by atoms with Gasteiger partial charge in [0.15, 0.2) is 0 Å². The average Bonchev–Trinajstić information content (AvgIpc) is 2.79. The van der Waals surface area contributed by atoms with Crippen LogP contribution in [0.3, 0.4) is 0 Å². The van der Waals surface area contributed by atoms with Crippen LogP contribution in [0.2, 0.25) is 0 Å². The van der Waals surface area contributed by atoms with Crippen LogP contribution in [0.1, 0.15) is 25.3 Å². The van der Waals surface area contributed by atoms with Gasteiger partial charge < -0.3 is 9.47 Å². The Kier molecular flexibility index (Phi) is 6.91. The number of benzene rings is 2. The molecule has 0 aliphatic carbocycles. The highest BCUT2D eigenvalue weighted by Crippen LogP contribution is 2.38. The fourth-order valence-electron chi connectivity index (χ4n) is 3.26. The Morgan fingerprint density at radius 1 is 0.806 bits per heavy atom. The third-order valence-corrected chi connectivity index (χ3v) is 6.26. The van der Waals surface area contributed by atoms with E-state index in [2.05, 4.69) is 0 Å². The molecule has 7 nitrogen and oxygen atoms in total. The predicted molar refractivity (Wildman–Crippen MR) is 114 cm³/mol. The SMILES string of the molecule is CCOC(=O)C1=CN(S(=O)(=O)c2ccccc2)C=C(C(=O)OCC)C1c1ccccc1. The zero-order valence-electron chi connectivity index (χ0n) is 17.2. The van der Waals surface area contributed by atoms with E-state index in [9.17, 15) is 18.0 Å². The molecule has 1 heterocycles. The quantitative estimate of drug-likeness (QED) is 0.612. The molecule has 31 heavy (non-hydrogen) atoms. The Morgan fingerprint density at radius 2 is 1.26 bits per heavy atom. The zero-order valence-corrected chi connectivity index (χ0v) is 18.0. The molecule has 0 saturated heterocycles. The van der Waals surface area contributed by atoms with Gasteiger partial charge in [-0.1, -0.05) is 48.5 Å². The molecule has 0 spiro atoms. The monoisotopic (exact) mass is 441 g/mol. The van der Waals surface area contributed by atoms with Crippen molar-refractivity contribution in [2.75, 3.05) is 13.2 Å². The maximum absolute atomic E-state index is 13.2. The second-order valence-corrected chi connectivity index (χ2v) is 8.44. The van der Waals surface area contributed by atoms with Crippen molar-refractivity contribution in [2.45, 2.75) is 24.7 Å². The molecule has 0 aromatic heterocycles. The number of carbonyl (C=O) groups is 2. The molecule has 0 bridgehead atoms. The lowest BCUT2D eigenvalue weighted by molar-refractivity contribution is -0.139. The van der Waals surface area contributed by atoms with Crippen LogP contribution in [-0.4, -0.2) is 37.9 Å². The third kappa shape index (κ3) is 4.69. The minimum Gasteiger partial charge on any atom is -0.463 e. The number of hydrogen-bond acceptors (Lipinski definition) is 6. The molecule has 0 atom stereocenters. The van der Waals surface area contributed by atoms with E-state index in [-0.39, 0.29) is 29.3 Å². The number of hydrogen-bond donors (Lipinski definition) is 0. The summed E-state index contributed by atoms with van der Waals surface area (Å²) in [6.45, 7) is 3.50. The van der Waals surface area contributed by atoms with Gasteiger partial charge in [0.1, 0.15) is 0 Å². The molecule has 2 aromatic carbocycles. The van der Waals surface area contributed by atoms with Gasteiger partial charge in [-0.2, -0.15) is 0 Å². The van der Waals surface area contributed by atoms with E-state index in [1.165, 1.54) is 24.5 Å². The van der Waals surface area contributed by atoms with E-state index < -0.39 is 27.9 Å². The Morgan fingerprint density at radius 3 is 1.71 bits per heavy atom. The summed E-state index contributed by atoms with van der Waals surface area (Å²) in [6, 6.07) is 16.6. The molecule has 1 aliphatic heterocycles. The fourth-order valence-corrected chi connectivity index (χ4v) is 4.50. The lowest BCUT2D eigenvalue weighted by atomic mass is 9.84. The summed E-state index contributed by atoms with van der Waals surface area (Å²) < 4.78 is 37.7. The highest BCUT2D eigenvalue weighted by atomic mass is 32.2. The summed E-state index contributed by atoms with van der Waals surface area (Å²) in [4.78, 5) is 25.7. The van der Waals surface area contributed by atoms with Gasteiger partial charge in [-0.05, 0) is 31.5 Å². The summed E-state index contributed by atoms with van der Waals surface area (Å²) in [5.74, 6) is -2.25. The molecule has 0 amide bonds. The third-order valence-electron chi connectivity index (χ3n) is 4.63. The maximum Gasteiger partial charge on any atom is 0.336 e. The largest absolute Gasteiger partial charge is 0.463 e. The minimum atomic E-state index is -4.07. The van der Waals surface area contributed by atoms with Gasteiger partial charge >= 0.3 is 11.9 Å². The van der Waals surface area contributed by atoms with Gasteiger partial charge in [0.25, 0.3) is 10.0 Å². The summed E-state index contributed by atoms with van der Waals surface area (Å²) in [7, 11) is -4.07. The number of ether oxygens (including phenoxy) is 2. The summed E-state index contributed by atoms with van der Waals surface area (Å²) >= 11 is 0. The molecule has 0 saturated carbocycles. The van der Waals surface area contributed by atoms with Crippen molar-refractivity contribution in [2.24, 2.45) is 0 Å². The highest BCUT2D eigenvalue weighted by molar-refractivity contribution is 7.89. The zero-order chi connectivity index (χ0) is 22.4. The molecule has 8 heteroatoms. The molecular weight excluding hydrogens is 418 g/mol. The Bertz CT molecular complexity index is 1070. The molecule has 0 N–H and O–H groups in total. The van der Waals surface area contributed by atoms with Crippen molar-refractivity contribution in [1.29, 1.82) is 0 Å². The predicted octanol–water partition coefficient (Wildman–Crippen LogP) is 3.37. The Balaban J connectivity index is 2.20. The van der Waals surface area contributed by atoms with Crippen molar-refractivity contribution in [3.8, 4) is 0 Å². The average molecular weight is 442 g/mol. The lowest BCUT2D eigenvalue weighted by Gasteiger charge is -2.30. The Hall–Kier alpha value is -3.39. The van der Waals surface area contributed by atoms with Crippen LogP contribution < -0.4 is 0 Å². The van der Waals surface area contributed by atoms with Crippen molar-refractivity contribution >= 4 is 22.0 Å². The number of nitrogens with zero attached hydrogens (tertiary/aromatic N) is 1. The van der Waals surface area contributed by atoms with Gasteiger partial charge in [-0.25, -0.2) is 22.3 Å². The summed E-state index contributed by atoms with van der Waals surface area (Å²) in [5, 5.41) is 0. The normalized spacial score (nSPS) is 14.5. The van der Waals surface area contributed by atoms with E-state index in [4.69, 9.17) is 9.47 Å². The van der Waals surface area contributed by atoms with Gasteiger partial charge in [-0.15, -0.1) is 0 Å². The minimum absolute atomic E-state index is 0.0204. The van der Waals surface area contributed by atoms with Crippen molar-refractivity contribution < 1.29 is 27.5 Å². The van der Waals surface area contributed by atoms with Gasteiger partial charge in [0.2, 0.25) is 0 Å². The van der Waals surface area contributed by atoms with Gasteiger partial charge in [-0.3, -0.25) is 0 Å². The van der Waals surface area contributed by atoms with Crippen LogP contribution >= 0.6 is 0 Å². The number of rotatable bonds is 7. The molecule has 0 fully saturated rings. The standard InChI is InChI=1S/C23H23NO6S/c1-3-29-22(25)19-15-24(31(27,28)18-13-9-6-10-14-18)16-20(23(26)30-4-2)21(19)17-11-7-5-8-12-17/h5-16,21H,3-4H2,1-2H3. The molecule has 162 valence electrons. The van der Waals surface area contributed by atoms with Crippen molar-refractivity contribution in [3.63, 3.8) is 0 Å². The van der Waals surface area contributed by atoms with Gasteiger partial charge in [0, 0.05) is 12.4 Å². The second-order valence-electron chi connectivity index (χ2n) is 6.60. The van der Waals surface area contributed by atoms with Crippen LogP contribution in [0.5, 0.6) is 0 Å². The molecule has 2 aromatic rings. The summed E-state index contributed by atoms with van der Waals surface area (Å²) in [5.41, 5.74) is 0.689. The van der Waals surface area contributed by atoms with E-state index in [0.29, 0.717) is 5.56 Å². The van der Waals surface area contributed by atoms with E-state index in [1.54, 1.807) is 62.4 Å². The van der Waals surface area contributed by atoms with Crippen LogP contribution in [0.4, 0.5) is 0 Å². The number of carbonyl (C=O) groups excluding carboxylic acids is 2. The topological polar surface area (TPSA) is 90.0 Å². The van der Waals surface area contributed by atoms with E-state index in [1.807, 2.05) is 0 Å². The van der Waals surface area contributed by atoms with Crippen LogP contribution in [0, 0.1) is 0 Å². The first-order valence-corrected chi connectivity index (χ1v) is 11.2. The lowest BCUT2D eigenvalue weighted by Crippen LogP contribution is -2.32. The number of esters is 2. The fraction of sp³-hybridized carbons (Fsp3) is 0.217. The van der Waals surface area contributed by atoms with E-state index in [0.717, 1.165) is 4.31 Å². The Labute approximate surface area is 181 Å². The second kappa shape index (κ2) is 9.61. The highest BCUT2D eigenvalue weighted by Gasteiger charge is 2.38. The maximum atomic E-state index is 13.2. The molecule has 0 unspecified atom stereocenters.